The Kier molecular flexibility index (Phi) is 4.97. The first kappa shape index (κ1) is 17.4. The second-order valence-electron chi connectivity index (χ2n) is 7.04. The molecule has 1 unspecified atom stereocenters. The molecule has 2 aliphatic rings. The average Bonchev–Trinajstić information content (AvgIpc) is 3.09. The standard InChI is InChI=1S/C18H23BrN2O3/c1-20(11-13-9-14(19)5-6-15(13)24-2)12-21-16(22)10-18(17(21)23)7-3-4-8-18/h5-6,9H,3-4,7-8,10-12H2,1-2H3/p+1. The van der Waals surface area contributed by atoms with Gasteiger partial charge in [-0.05, 0) is 31.0 Å². The van der Waals surface area contributed by atoms with Crippen molar-refractivity contribution in [3.63, 3.8) is 0 Å². The molecule has 24 heavy (non-hydrogen) atoms. The highest BCUT2D eigenvalue weighted by molar-refractivity contribution is 9.10. The molecular formula is C18H24BrN2O3+. The Morgan fingerprint density at radius 2 is 2.00 bits per heavy atom. The molecule has 1 saturated carbocycles. The van der Waals surface area contributed by atoms with Gasteiger partial charge in [0.1, 0.15) is 12.3 Å². The maximum Gasteiger partial charge on any atom is 0.240 e. The molecule has 2 amide bonds. The van der Waals surface area contributed by atoms with Crippen LogP contribution in [-0.4, -0.2) is 37.5 Å². The fourth-order valence-electron chi connectivity index (χ4n) is 4.00. The van der Waals surface area contributed by atoms with Gasteiger partial charge in [-0.25, -0.2) is 4.90 Å². The van der Waals surface area contributed by atoms with Gasteiger partial charge in [-0.15, -0.1) is 0 Å². The average molecular weight is 396 g/mol. The van der Waals surface area contributed by atoms with Crippen LogP contribution in [0.3, 0.4) is 0 Å². The predicted octanol–water partition coefficient (Wildman–Crippen LogP) is 1.75. The fourth-order valence-corrected chi connectivity index (χ4v) is 4.41. The maximum atomic E-state index is 12.8. The number of likely N-dealkylation sites (tertiary alicyclic amines) is 1. The van der Waals surface area contributed by atoms with Crippen LogP contribution in [0.5, 0.6) is 5.75 Å². The van der Waals surface area contributed by atoms with E-state index in [2.05, 4.69) is 15.9 Å². The first-order valence-electron chi connectivity index (χ1n) is 8.44. The lowest BCUT2D eigenvalue weighted by Crippen LogP contribution is -3.09. The molecule has 3 rings (SSSR count). The van der Waals surface area contributed by atoms with Crippen LogP contribution >= 0.6 is 15.9 Å². The summed E-state index contributed by atoms with van der Waals surface area (Å²) in [4.78, 5) is 27.7. The molecule has 0 bridgehead atoms. The van der Waals surface area contributed by atoms with E-state index in [-0.39, 0.29) is 17.2 Å². The third-order valence-corrected chi connectivity index (χ3v) is 5.71. The number of nitrogens with one attached hydrogen (secondary N) is 1. The Morgan fingerprint density at radius 3 is 2.67 bits per heavy atom. The Balaban J connectivity index is 1.69. The molecule has 0 radical (unpaired) electrons. The van der Waals surface area contributed by atoms with Crippen molar-refractivity contribution in [1.82, 2.24) is 4.90 Å². The molecule has 5 nitrogen and oxygen atoms in total. The van der Waals surface area contributed by atoms with Gasteiger partial charge in [0.05, 0.1) is 19.6 Å². The van der Waals surface area contributed by atoms with Gasteiger partial charge in [0.15, 0.2) is 6.67 Å². The van der Waals surface area contributed by atoms with E-state index < -0.39 is 0 Å². The number of halogens is 1. The van der Waals surface area contributed by atoms with E-state index in [0.29, 0.717) is 19.6 Å². The van der Waals surface area contributed by atoms with Gasteiger partial charge in [0.2, 0.25) is 11.8 Å². The lowest BCUT2D eigenvalue weighted by Gasteiger charge is -2.23. The van der Waals surface area contributed by atoms with Crippen LogP contribution in [0.1, 0.15) is 37.7 Å². The van der Waals surface area contributed by atoms with Gasteiger partial charge in [-0.3, -0.25) is 9.59 Å². The second-order valence-corrected chi connectivity index (χ2v) is 7.95. The van der Waals surface area contributed by atoms with E-state index in [1.54, 1.807) is 7.11 Å². The summed E-state index contributed by atoms with van der Waals surface area (Å²) in [6.45, 7) is 1.10. The number of amides is 2. The minimum absolute atomic E-state index is 0.0116. The largest absolute Gasteiger partial charge is 0.496 e. The zero-order valence-corrected chi connectivity index (χ0v) is 15.8. The number of carbonyl (C=O) groups excluding carboxylic acids is 2. The quantitative estimate of drug-likeness (QED) is 0.772. The third-order valence-electron chi connectivity index (χ3n) is 5.21. The van der Waals surface area contributed by atoms with E-state index in [1.807, 2.05) is 25.2 Å². The van der Waals surface area contributed by atoms with Crippen LogP contribution in [0.2, 0.25) is 0 Å². The zero-order chi connectivity index (χ0) is 17.3. The highest BCUT2D eigenvalue weighted by atomic mass is 79.9. The summed E-state index contributed by atoms with van der Waals surface area (Å²) in [5.74, 6) is 0.858. The number of rotatable bonds is 5. The highest BCUT2D eigenvalue weighted by Crippen LogP contribution is 2.46. The first-order valence-corrected chi connectivity index (χ1v) is 9.23. The Morgan fingerprint density at radius 1 is 1.29 bits per heavy atom. The summed E-state index contributed by atoms with van der Waals surface area (Å²) < 4.78 is 6.40. The Bertz CT molecular complexity index is 656. The van der Waals surface area contributed by atoms with Crippen molar-refractivity contribution in [3.05, 3.63) is 28.2 Å². The molecule has 6 heteroatoms. The predicted molar refractivity (Wildman–Crippen MR) is 93.5 cm³/mol. The third kappa shape index (κ3) is 3.22. The van der Waals surface area contributed by atoms with Crippen LogP contribution < -0.4 is 9.64 Å². The number of methoxy groups -OCH3 is 1. The number of hydrogen-bond acceptors (Lipinski definition) is 3. The molecule has 1 aromatic rings. The molecule has 1 aliphatic heterocycles. The Labute approximate surface area is 151 Å². The van der Waals surface area contributed by atoms with Gasteiger partial charge in [-0.2, -0.15) is 0 Å². The van der Waals surface area contributed by atoms with E-state index >= 15 is 0 Å². The Hall–Kier alpha value is -1.40. The smallest absolute Gasteiger partial charge is 0.240 e. The van der Waals surface area contributed by atoms with Crippen LogP contribution in [0.4, 0.5) is 0 Å². The van der Waals surface area contributed by atoms with Gasteiger partial charge in [0.25, 0.3) is 0 Å². The molecule has 2 fully saturated rings. The van der Waals surface area contributed by atoms with Crippen molar-refractivity contribution in [1.29, 1.82) is 0 Å². The summed E-state index contributed by atoms with van der Waals surface area (Å²) in [5, 5.41) is 0. The molecule has 1 heterocycles. The minimum Gasteiger partial charge on any atom is -0.496 e. The summed E-state index contributed by atoms with van der Waals surface area (Å²) in [7, 11) is 3.65. The van der Waals surface area contributed by atoms with Gasteiger partial charge < -0.3 is 9.64 Å². The van der Waals surface area contributed by atoms with Crippen molar-refractivity contribution < 1.29 is 19.2 Å². The molecule has 1 N–H and O–H groups in total. The number of imide groups is 1. The van der Waals surface area contributed by atoms with Crippen molar-refractivity contribution >= 4 is 27.7 Å². The molecule has 1 saturated heterocycles. The SMILES string of the molecule is COc1ccc(Br)cc1C[NH+](C)CN1C(=O)CC2(CCCC2)C1=O. The second kappa shape index (κ2) is 6.84. The van der Waals surface area contributed by atoms with E-state index in [9.17, 15) is 9.59 Å². The summed E-state index contributed by atoms with van der Waals surface area (Å²) >= 11 is 3.48. The number of benzene rings is 1. The number of ether oxygens (including phenoxy) is 1. The summed E-state index contributed by atoms with van der Waals surface area (Å²) in [6, 6.07) is 5.88. The minimum atomic E-state index is -0.384. The molecule has 1 aliphatic carbocycles. The number of quaternary nitrogens is 1. The van der Waals surface area contributed by atoms with Gasteiger partial charge in [-0.1, -0.05) is 28.8 Å². The number of hydrogen-bond donors (Lipinski definition) is 1. The van der Waals surface area contributed by atoms with Crippen LogP contribution in [-0.2, 0) is 16.1 Å². The monoisotopic (exact) mass is 395 g/mol. The first-order chi connectivity index (χ1) is 11.4. The lowest BCUT2D eigenvalue weighted by atomic mass is 9.85. The molecule has 130 valence electrons. The topological polar surface area (TPSA) is 51.1 Å². The molecule has 1 spiro atoms. The van der Waals surface area contributed by atoms with E-state index in [0.717, 1.165) is 46.4 Å². The molecular weight excluding hydrogens is 372 g/mol. The zero-order valence-electron chi connectivity index (χ0n) is 14.2. The summed E-state index contributed by atoms with van der Waals surface area (Å²) in [5.41, 5.74) is 0.671. The number of carbonyl (C=O) groups is 2. The van der Waals surface area contributed by atoms with Crippen LogP contribution in [0.25, 0.3) is 0 Å². The van der Waals surface area contributed by atoms with Crippen molar-refractivity contribution in [3.8, 4) is 5.75 Å². The number of nitrogens with zero attached hydrogens (tertiary/aromatic N) is 1. The molecule has 1 aromatic carbocycles. The molecule has 0 aromatic heterocycles. The van der Waals surface area contributed by atoms with E-state index in [1.165, 1.54) is 4.90 Å². The molecule has 1 atom stereocenters. The van der Waals surface area contributed by atoms with Gasteiger partial charge in [0, 0.05) is 16.5 Å². The van der Waals surface area contributed by atoms with Crippen molar-refractivity contribution in [2.45, 2.75) is 38.6 Å². The van der Waals surface area contributed by atoms with Gasteiger partial charge >= 0.3 is 0 Å². The van der Waals surface area contributed by atoms with Crippen LogP contribution in [0, 0.1) is 5.41 Å². The normalized spacial score (nSPS) is 20.9. The van der Waals surface area contributed by atoms with E-state index in [4.69, 9.17) is 4.74 Å². The maximum absolute atomic E-state index is 12.8. The lowest BCUT2D eigenvalue weighted by molar-refractivity contribution is -0.901. The fraction of sp³-hybridized carbons (Fsp3) is 0.556. The van der Waals surface area contributed by atoms with Crippen molar-refractivity contribution in [2.75, 3.05) is 20.8 Å². The summed E-state index contributed by atoms with van der Waals surface area (Å²) in [6.07, 6.45) is 4.26. The van der Waals surface area contributed by atoms with Crippen molar-refractivity contribution in [2.24, 2.45) is 5.41 Å². The highest BCUT2D eigenvalue weighted by Gasteiger charge is 2.53. The van der Waals surface area contributed by atoms with Crippen LogP contribution in [0.15, 0.2) is 22.7 Å².